The van der Waals surface area contributed by atoms with Gasteiger partial charge in [0.2, 0.25) is 5.95 Å². The second-order valence-electron chi connectivity index (χ2n) is 11.1. The maximum Gasteiger partial charge on any atom is 0.407 e. The summed E-state index contributed by atoms with van der Waals surface area (Å²) in [6.45, 7) is 11.4. The third-order valence-electron chi connectivity index (χ3n) is 6.44. The Kier molecular flexibility index (Phi) is 8.08. The van der Waals surface area contributed by atoms with Gasteiger partial charge in [-0.1, -0.05) is 42.0 Å². The predicted octanol–water partition coefficient (Wildman–Crippen LogP) is 3.59. The average Bonchev–Trinajstić information content (AvgIpc) is 3.20. The van der Waals surface area contributed by atoms with E-state index in [1.165, 1.54) is 4.57 Å². The first-order valence-corrected chi connectivity index (χ1v) is 13.2. The van der Waals surface area contributed by atoms with Crippen molar-refractivity contribution in [1.29, 1.82) is 0 Å². The van der Waals surface area contributed by atoms with E-state index in [0.717, 1.165) is 30.5 Å². The van der Waals surface area contributed by atoms with E-state index in [1.807, 2.05) is 75.6 Å². The first kappa shape index (κ1) is 27.2. The summed E-state index contributed by atoms with van der Waals surface area (Å²) in [6.07, 6.45) is 3.79. The number of hydrogen-bond acceptors (Lipinski definition) is 6. The first-order chi connectivity index (χ1) is 18.0. The summed E-state index contributed by atoms with van der Waals surface area (Å²) < 4.78 is 8.56. The quantitative estimate of drug-likeness (QED) is 0.459. The zero-order valence-corrected chi connectivity index (χ0v) is 22.9. The average molecular weight is 523 g/mol. The van der Waals surface area contributed by atoms with Crippen LogP contribution < -0.4 is 21.5 Å². The molecule has 0 bridgehead atoms. The van der Waals surface area contributed by atoms with E-state index in [-0.39, 0.29) is 23.8 Å². The van der Waals surface area contributed by atoms with Gasteiger partial charge in [0.15, 0.2) is 11.2 Å². The Labute approximate surface area is 222 Å². The molecule has 38 heavy (non-hydrogen) atoms. The Balaban J connectivity index is 1.67. The highest BCUT2D eigenvalue weighted by Gasteiger charge is 2.28. The number of aromatic nitrogens is 4. The van der Waals surface area contributed by atoms with Crippen molar-refractivity contribution in [2.45, 2.75) is 78.6 Å². The van der Waals surface area contributed by atoms with E-state index in [9.17, 15) is 14.4 Å². The molecule has 1 aliphatic rings. The molecule has 1 aromatic carbocycles. The molecule has 10 heteroatoms. The molecule has 0 spiro atoms. The molecule has 1 amide bonds. The highest BCUT2D eigenvalue weighted by molar-refractivity contribution is 5.74. The Bertz CT molecular complexity index is 1420. The van der Waals surface area contributed by atoms with E-state index < -0.39 is 17.4 Å². The van der Waals surface area contributed by atoms with Gasteiger partial charge in [0.05, 0.1) is 0 Å². The number of allylic oxidation sites excluding steroid dienone is 2. The number of nitrogens with zero attached hydrogens (tertiary/aromatic N) is 4. The molecule has 1 atom stereocenters. The molecule has 204 valence electrons. The number of alkyl carbamates (subject to hydrolysis) is 1. The van der Waals surface area contributed by atoms with Crippen LogP contribution in [0.4, 0.5) is 10.7 Å². The lowest BCUT2D eigenvalue weighted by atomic mass is 10.1. The van der Waals surface area contributed by atoms with Gasteiger partial charge in [-0.3, -0.25) is 14.3 Å². The lowest BCUT2D eigenvalue weighted by molar-refractivity contribution is 0.0499. The van der Waals surface area contributed by atoms with Crippen molar-refractivity contribution in [2.24, 2.45) is 0 Å². The van der Waals surface area contributed by atoms with Crippen molar-refractivity contribution in [1.82, 2.24) is 24.4 Å². The SMILES string of the molecule is CC(C)=CCn1c(N2CCCC(NC(=O)OC(C)(C)C)C2)nc2[nH]c(=O)n(CCc3ccccc3)c(=O)c21. The van der Waals surface area contributed by atoms with Gasteiger partial charge in [-0.2, -0.15) is 4.98 Å². The van der Waals surface area contributed by atoms with E-state index in [4.69, 9.17) is 9.72 Å². The number of imidazole rings is 1. The lowest BCUT2D eigenvalue weighted by Crippen LogP contribution is -2.49. The number of aromatic amines is 1. The fourth-order valence-electron chi connectivity index (χ4n) is 4.66. The van der Waals surface area contributed by atoms with Crippen LogP contribution in [0.2, 0.25) is 0 Å². The molecule has 0 radical (unpaired) electrons. The fourth-order valence-corrected chi connectivity index (χ4v) is 4.66. The van der Waals surface area contributed by atoms with Gasteiger partial charge in [-0.15, -0.1) is 0 Å². The normalized spacial score (nSPS) is 15.9. The molecule has 0 saturated carbocycles. The number of amides is 1. The Morgan fingerprint density at radius 1 is 1.18 bits per heavy atom. The van der Waals surface area contributed by atoms with Crippen LogP contribution in [0.3, 0.4) is 0 Å². The number of rotatable bonds is 7. The zero-order chi connectivity index (χ0) is 27.4. The van der Waals surface area contributed by atoms with Gasteiger partial charge in [0.25, 0.3) is 5.56 Å². The van der Waals surface area contributed by atoms with Crippen LogP contribution in [0.15, 0.2) is 51.6 Å². The van der Waals surface area contributed by atoms with Crippen molar-refractivity contribution in [2.75, 3.05) is 18.0 Å². The number of piperidine rings is 1. The van der Waals surface area contributed by atoms with Crippen molar-refractivity contribution in [3.8, 4) is 0 Å². The van der Waals surface area contributed by atoms with E-state index in [2.05, 4.69) is 15.2 Å². The van der Waals surface area contributed by atoms with Crippen LogP contribution in [0.1, 0.15) is 53.0 Å². The standard InChI is InChI=1S/C28H38N6O4/c1-19(2)13-16-33-22-23(31-26(36)34(24(22)35)17-14-20-10-7-6-8-11-20)30-25(33)32-15-9-12-21(18-32)29-27(37)38-28(3,4)5/h6-8,10-11,13,21H,9,12,14-18H2,1-5H3,(H,29,37)(H,31,36). The number of anilines is 1. The van der Waals surface area contributed by atoms with Crippen LogP contribution in [0, 0.1) is 0 Å². The van der Waals surface area contributed by atoms with Gasteiger partial charge in [-0.05, 0) is 59.4 Å². The minimum atomic E-state index is -0.580. The third kappa shape index (κ3) is 6.54. The Hall–Kier alpha value is -3.82. The molecule has 1 saturated heterocycles. The lowest BCUT2D eigenvalue weighted by Gasteiger charge is -2.34. The van der Waals surface area contributed by atoms with Gasteiger partial charge in [-0.25, -0.2) is 9.59 Å². The molecule has 10 nitrogen and oxygen atoms in total. The molecular formula is C28H38N6O4. The number of carbonyl (C=O) groups excluding carboxylic acids is 1. The highest BCUT2D eigenvalue weighted by atomic mass is 16.6. The maximum atomic E-state index is 13.6. The van der Waals surface area contributed by atoms with E-state index in [0.29, 0.717) is 31.0 Å². The number of ether oxygens (including phenoxy) is 1. The number of hydrogen-bond donors (Lipinski definition) is 2. The molecule has 4 rings (SSSR count). The van der Waals surface area contributed by atoms with Crippen molar-refractivity contribution in [3.05, 3.63) is 68.4 Å². The fraction of sp³-hybridized carbons (Fsp3) is 0.500. The van der Waals surface area contributed by atoms with Gasteiger partial charge in [0.1, 0.15) is 5.60 Å². The molecule has 3 aromatic rings. The summed E-state index contributed by atoms with van der Waals surface area (Å²) in [5.74, 6) is 0.599. The molecular weight excluding hydrogens is 484 g/mol. The first-order valence-electron chi connectivity index (χ1n) is 13.2. The van der Waals surface area contributed by atoms with Crippen LogP contribution in [-0.2, 0) is 24.2 Å². The zero-order valence-electron chi connectivity index (χ0n) is 22.9. The molecule has 1 aliphatic heterocycles. The molecule has 2 aromatic heterocycles. The Morgan fingerprint density at radius 2 is 1.92 bits per heavy atom. The molecule has 1 unspecified atom stereocenters. The number of H-pyrrole nitrogens is 1. The minimum absolute atomic E-state index is 0.128. The van der Waals surface area contributed by atoms with Gasteiger partial charge >= 0.3 is 11.8 Å². The summed E-state index contributed by atoms with van der Waals surface area (Å²) >= 11 is 0. The second kappa shape index (κ2) is 11.3. The van der Waals surface area contributed by atoms with E-state index >= 15 is 0 Å². The number of fused-ring (bicyclic) bond motifs is 1. The third-order valence-corrected chi connectivity index (χ3v) is 6.44. The minimum Gasteiger partial charge on any atom is -0.444 e. The van der Waals surface area contributed by atoms with Crippen molar-refractivity contribution >= 4 is 23.2 Å². The van der Waals surface area contributed by atoms with Gasteiger partial charge in [0, 0.05) is 32.2 Å². The summed E-state index contributed by atoms with van der Waals surface area (Å²) in [4.78, 5) is 48.5. The number of carbonyl (C=O) groups is 1. The molecule has 2 N–H and O–H groups in total. The van der Waals surface area contributed by atoms with Crippen molar-refractivity contribution in [3.63, 3.8) is 0 Å². The summed E-state index contributed by atoms with van der Waals surface area (Å²) in [6, 6.07) is 9.65. The summed E-state index contributed by atoms with van der Waals surface area (Å²) in [5.41, 5.74) is 1.39. The largest absolute Gasteiger partial charge is 0.444 e. The van der Waals surface area contributed by atoms with Crippen LogP contribution >= 0.6 is 0 Å². The summed E-state index contributed by atoms with van der Waals surface area (Å²) in [5, 5.41) is 2.97. The number of benzene rings is 1. The number of nitrogens with one attached hydrogen (secondary N) is 2. The molecule has 1 fully saturated rings. The predicted molar refractivity (Wildman–Crippen MR) is 149 cm³/mol. The van der Waals surface area contributed by atoms with Gasteiger partial charge < -0.3 is 19.5 Å². The molecule has 0 aliphatic carbocycles. The summed E-state index contributed by atoms with van der Waals surface area (Å²) in [7, 11) is 0. The second-order valence-corrected chi connectivity index (χ2v) is 11.1. The van der Waals surface area contributed by atoms with Crippen LogP contribution in [0.25, 0.3) is 11.2 Å². The van der Waals surface area contributed by atoms with Crippen LogP contribution in [-0.4, -0.2) is 49.9 Å². The number of aryl methyl sites for hydroxylation is 1. The monoisotopic (exact) mass is 522 g/mol. The van der Waals surface area contributed by atoms with Crippen LogP contribution in [0.5, 0.6) is 0 Å². The topological polar surface area (TPSA) is 114 Å². The van der Waals surface area contributed by atoms with Crippen molar-refractivity contribution < 1.29 is 9.53 Å². The Morgan fingerprint density at radius 3 is 2.61 bits per heavy atom. The molecule has 3 heterocycles. The highest BCUT2D eigenvalue weighted by Crippen LogP contribution is 2.23. The van der Waals surface area contributed by atoms with E-state index in [1.54, 1.807) is 0 Å². The maximum absolute atomic E-state index is 13.6. The smallest absolute Gasteiger partial charge is 0.407 e.